The second-order valence-electron chi connectivity index (χ2n) is 4.83. The maximum absolute atomic E-state index is 12.0. The summed E-state index contributed by atoms with van der Waals surface area (Å²) in [6.07, 6.45) is 0.545. The summed E-state index contributed by atoms with van der Waals surface area (Å²) in [5, 5.41) is 0.763. The van der Waals surface area contributed by atoms with Gasteiger partial charge < -0.3 is 8.83 Å². The molecule has 0 aliphatic carbocycles. The molecular weight excluding hydrogens is 266 g/mol. The van der Waals surface area contributed by atoms with E-state index in [4.69, 9.17) is 8.83 Å². The van der Waals surface area contributed by atoms with Crippen molar-refractivity contribution in [1.82, 2.24) is 4.98 Å². The van der Waals surface area contributed by atoms with Crippen LogP contribution in [0.15, 0.2) is 68.2 Å². The maximum atomic E-state index is 12.0. The maximum Gasteiger partial charge on any atom is 0.366 e. The van der Waals surface area contributed by atoms with Gasteiger partial charge in [-0.1, -0.05) is 42.5 Å². The van der Waals surface area contributed by atoms with E-state index in [-0.39, 0.29) is 5.52 Å². The smallest absolute Gasteiger partial charge is 0.366 e. The second-order valence-corrected chi connectivity index (χ2v) is 4.83. The molecule has 0 fully saturated rings. The van der Waals surface area contributed by atoms with Gasteiger partial charge in [0.15, 0.2) is 17.0 Å². The molecule has 0 radical (unpaired) electrons. The van der Waals surface area contributed by atoms with Crippen LogP contribution in [0.2, 0.25) is 0 Å². The molecular formula is C17H11NO3. The van der Waals surface area contributed by atoms with Gasteiger partial charge in [-0.2, -0.15) is 0 Å². The molecule has 0 aliphatic heterocycles. The molecule has 2 aromatic carbocycles. The fraction of sp³-hybridized carbons (Fsp3) is 0.0588. The van der Waals surface area contributed by atoms with Crippen LogP contribution in [0.25, 0.3) is 22.1 Å². The molecule has 4 nitrogen and oxygen atoms in total. The molecule has 2 heterocycles. The summed E-state index contributed by atoms with van der Waals surface area (Å²) in [6.45, 7) is 0. The molecule has 102 valence electrons. The Hall–Kier alpha value is -2.88. The van der Waals surface area contributed by atoms with E-state index in [1.807, 2.05) is 48.5 Å². The number of aromatic nitrogens is 1. The summed E-state index contributed by atoms with van der Waals surface area (Å²) in [6, 6.07) is 17.2. The summed E-state index contributed by atoms with van der Waals surface area (Å²) < 4.78 is 11.1. The molecule has 2 aromatic heterocycles. The number of oxazole rings is 1. The zero-order valence-electron chi connectivity index (χ0n) is 11.1. The van der Waals surface area contributed by atoms with Crippen LogP contribution in [0.4, 0.5) is 0 Å². The van der Waals surface area contributed by atoms with Crippen molar-refractivity contribution >= 4 is 22.1 Å². The van der Waals surface area contributed by atoms with Crippen LogP contribution < -0.4 is 5.63 Å². The number of fused-ring (bicyclic) bond motifs is 3. The third-order valence-electron chi connectivity index (χ3n) is 3.40. The van der Waals surface area contributed by atoms with Crippen molar-refractivity contribution in [2.75, 3.05) is 0 Å². The summed E-state index contributed by atoms with van der Waals surface area (Å²) >= 11 is 0. The van der Waals surface area contributed by atoms with Gasteiger partial charge in [-0.3, -0.25) is 0 Å². The SMILES string of the molecule is O=c1oc2ccccc2c2oc(Cc3ccccc3)nc12. The molecule has 0 amide bonds. The lowest BCUT2D eigenvalue weighted by Crippen LogP contribution is -1.99. The van der Waals surface area contributed by atoms with Gasteiger partial charge in [0, 0.05) is 6.42 Å². The van der Waals surface area contributed by atoms with Gasteiger partial charge in [0.1, 0.15) is 5.58 Å². The van der Waals surface area contributed by atoms with Crippen molar-refractivity contribution in [1.29, 1.82) is 0 Å². The summed E-state index contributed by atoms with van der Waals surface area (Å²) in [4.78, 5) is 16.3. The topological polar surface area (TPSA) is 56.2 Å². The third-order valence-corrected chi connectivity index (χ3v) is 3.40. The highest BCUT2D eigenvalue weighted by molar-refractivity contribution is 5.98. The van der Waals surface area contributed by atoms with Gasteiger partial charge in [0.25, 0.3) is 0 Å². The molecule has 21 heavy (non-hydrogen) atoms. The van der Waals surface area contributed by atoms with Crippen LogP contribution in [0, 0.1) is 0 Å². The van der Waals surface area contributed by atoms with Crippen LogP contribution in [-0.2, 0) is 6.42 Å². The Kier molecular flexibility index (Phi) is 2.60. The van der Waals surface area contributed by atoms with Gasteiger partial charge in [0.05, 0.1) is 5.39 Å². The van der Waals surface area contributed by atoms with Crippen molar-refractivity contribution in [3.63, 3.8) is 0 Å². The zero-order valence-corrected chi connectivity index (χ0v) is 11.1. The molecule has 0 spiro atoms. The highest BCUT2D eigenvalue weighted by Gasteiger charge is 2.14. The first-order chi connectivity index (χ1) is 10.3. The Balaban J connectivity index is 1.91. The molecule has 4 aromatic rings. The van der Waals surface area contributed by atoms with E-state index in [1.165, 1.54) is 0 Å². The predicted molar refractivity (Wildman–Crippen MR) is 79.3 cm³/mol. The first-order valence-corrected chi connectivity index (χ1v) is 6.66. The Bertz CT molecular complexity index is 983. The standard InChI is InChI=1S/C17H11NO3/c19-17-15-16(12-8-4-5-9-13(12)20-17)21-14(18-15)10-11-6-2-1-3-7-11/h1-9H,10H2. The fourth-order valence-electron chi connectivity index (χ4n) is 2.42. The van der Waals surface area contributed by atoms with E-state index in [0.29, 0.717) is 23.5 Å². The number of hydrogen-bond acceptors (Lipinski definition) is 4. The first-order valence-electron chi connectivity index (χ1n) is 6.66. The quantitative estimate of drug-likeness (QED) is 0.526. The first kappa shape index (κ1) is 11.9. The lowest BCUT2D eigenvalue weighted by Gasteiger charge is -1.95. The monoisotopic (exact) mass is 277 g/mol. The lowest BCUT2D eigenvalue weighted by atomic mass is 10.1. The second kappa shape index (κ2) is 4.59. The van der Waals surface area contributed by atoms with Crippen molar-refractivity contribution in [2.24, 2.45) is 0 Å². The Morgan fingerprint density at radius 3 is 2.52 bits per heavy atom. The van der Waals surface area contributed by atoms with Crippen LogP contribution in [0.3, 0.4) is 0 Å². The van der Waals surface area contributed by atoms with Crippen LogP contribution in [0.1, 0.15) is 11.5 Å². The van der Waals surface area contributed by atoms with E-state index in [9.17, 15) is 4.79 Å². The molecule has 0 bridgehead atoms. The molecule has 0 saturated heterocycles. The third kappa shape index (κ3) is 2.01. The van der Waals surface area contributed by atoms with Gasteiger partial charge in [-0.25, -0.2) is 9.78 Å². The largest absolute Gasteiger partial charge is 0.439 e. The van der Waals surface area contributed by atoms with Gasteiger partial charge in [-0.15, -0.1) is 0 Å². The Morgan fingerprint density at radius 1 is 0.905 bits per heavy atom. The molecule has 0 saturated carbocycles. The van der Waals surface area contributed by atoms with Crippen LogP contribution in [0.5, 0.6) is 0 Å². The average Bonchev–Trinajstić information content (AvgIpc) is 2.93. The minimum atomic E-state index is -0.466. The van der Waals surface area contributed by atoms with Crippen molar-refractivity contribution in [3.8, 4) is 0 Å². The minimum Gasteiger partial charge on any atom is -0.439 e. The number of para-hydroxylation sites is 1. The normalized spacial score (nSPS) is 11.2. The summed E-state index contributed by atoms with van der Waals surface area (Å²) in [5.41, 5.74) is 1.87. The fourth-order valence-corrected chi connectivity index (χ4v) is 2.42. The molecule has 4 rings (SSSR count). The van der Waals surface area contributed by atoms with E-state index >= 15 is 0 Å². The number of nitrogens with zero attached hydrogens (tertiary/aromatic N) is 1. The lowest BCUT2D eigenvalue weighted by molar-refractivity contribution is 0.543. The predicted octanol–water partition coefficient (Wildman–Crippen LogP) is 3.53. The van der Waals surface area contributed by atoms with Gasteiger partial charge in [0.2, 0.25) is 0 Å². The van der Waals surface area contributed by atoms with E-state index in [0.717, 1.165) is 10.9 Å². The Morgan fingerprint density at radius 2 is 1.67 bits per heavy atom. The minimum absolute atomic E-state index is 0.250. The van der Waals surface area contributed by atoms with Gasteiger partial charge in [-0.05, 0) is 17.7 Å². The van der Waals surface area contributed by atoms with E-state index in [2.05, 4.69) is 4.98 Å². The van der Waals surface area contributed by atoms with Crippen molar-refractivity contribution in [2.45, 2.75) is 6.42 Å². The van der Waals surface area contributed by atoms with Crippen molar-refractivity contribution < 1.29 is 8.83 Å². The highest BCUT2D eigenvalue weighted by atomic mass is 16.4. The number of benzene rings is 2. The number of rotatable bonds is 2. The average molecular weight is 277 g/mol. The summed E-state index contributed by atoms with van der Waals surface area (Å²) in [7, 11) is 0. The number of hydrogen-bond donors (Lipinski definition) is 0. The highest BCUT2D eigenvalue weighted by Crippen LogP contribution is 2.24. The van der Waals surface area contributed by atoms with Crippen molar-refractivity contribution in [3.05, 3.63) is 76.5 Å². The molecule has 0 aliphatic rings. The zero-order chi connectivity index (χ0) is 14.2. The van der Waals surface area contributed by atoms with Crippen LogP contribution in [-0.4, -0.2) is 4.98 Å². The molecule has 0 N–H and O–H groups in total. The molecule has 0 unspecified atom stereocenters. The molecule has 4 heteroatoms. The van der Waals surface area contributed by atoms with E-state index < -0.39 is 5.63 Å². The molecule has 0 atom stereocenters. The van der Waals surface area contributed by atoms with Crippen LogP contribution >= 0.6 is 0 Å². The summed E-state index contributed by atoms with van der Waals surface area (Å²) in [5.74, 6) is 0.514. The van der Waals surface area contributed by atoms with Gasteiger partial charge >= 0.3 is 5.63 Å². The Labute approximate surface area is 119 Å². The van der Waals surface area contributed by atoms with E-state index in [1.54, 1.807) is 6.07 Å².